The number of carbonyl (C=O) groups excluding carboxylic acids is 1. The van der Waals surface area contributed by atoms with Gasteiger partial charge in [-0.05, 0) is 42.1 Å². The van der Waals surface area contributed by atoms with Crippen LogP contribution in [0.3, 0.4) is 0 Å². The first-order valence-electron chi connectivity index (χ1n) is 14.4. The number of rotatable bonds is 4. The second-order valence-corrected chi connectivity index (χ2v) is 11.6. The average Bonchev–Trinajstić information content (AvgIpc) is 3.86. The Labute approximate surface area is 250 Å². The molecule has 44 heavy (non-hydrogen) atoms. The summed E-state index contributed by atoms with van der Waals surface area (Å²) in [4.78, 5) is 35.3. The van der Waals surface area contributed by atoms with Crippen LogP contribution >= 0.6 is 0 Å². The zero-order chi connectivity index (χ0) is 29.9. The van der Waals surface area contributed by atoms with E-state index in [-0.39, 0.29) is 23.0 Å². The van der Waals surface area contributed by atoms with Crippen molar-refractivity contribution in [2.45, 2.75) is 31.1 Å². The monoisotopic (exact) mass is 579 g/mol. The van der Waals surface area contributed by atoms with Crippen LogP contribution < -0.4 is 16.6 Å². The summed E-state index contributed by atoms with van der Waals surface area (Å²) in [6.07, 6.45) is 6.85. The average molecular weight is 580 g/mol. The van der Waals surface area contributed by atoms with Crippen molar-refractivity contribution in [3.05, 3.63) is 117 Å². The lowest BCUT2D eigenvalue weighted by atomic mass is 9.82. The Hall–Kier alpha value is -5.73. The summed E-state index contributed by atoms with van der Waals surface area (Å²) < 4.78 is 4.94. The first-order valence-corrected chi connectivity index (χ1v) is 14.4. The van der Waals surface area contributed by atoms with E-state index < -0.39 is 11.9 Å². The quantitative estimate of drug-likeness (QED) is 0.243. The Balaban J connectivity index is 1.26. The highest BCUT2D eigenvalue weighted by Crippen LogP contribution is 2.75. The van der Waals surface area contributed by atoms with E-state index in [9.17, 15) is 9.59 Å². The number of aryl methyl sites for hydroxylation is 1. The van der Waals surface area contributed by atoms with Gasteiger partial charge in [0.15, 0.2) is 11.5 Å². The SMILES string of the molecule is C[C@@H](NC(=O)c1c(N)nn2cccnc12)c1c2c3c(ccc(C#Cc4cnn(C)c4)c3c(=O)n1-c1ccccc1)C1C3C2N13. The summed E-state index contributed by atoms with van der Waals surface area (Å²) >= 11 is 0. The number of nitrogens with two attached hydrogens (primary N) is 1. The molecule has 1 amide bonds. The van der Waals surface area contributed by atoms with Crippen molar-refractivity contribution >= 4 is 28.1 Å². The molecule has 10 rings (SSSR count). The van der Waals surface area contributed by atoms with Crippen LogP contribution in [-0.2, 0) is 7.05 Å². The maximum atomic E-state index is 14.7. The number of nitrogens with zero attached hydrogens (tertiary/aromatic N) is 7. The van der Waals surface area contributed by atoms with Gasteiger partial charge in [0.1, 0.15) is 5.56 Å². The Morgan fingerprint density at radius 3 is 2.66 bits per heavy atom. The van der Waals surface area contributed by atoms with Gasteiger partial charge < -0.3 is 11.1 Å². The van der Waals surface area contributed by atoms with E-state index in [4.69, 9.17) is 5.73 Å². The number of hydrogen-bond acceptors (Lipinski definition) is 7. The van der Waals surface area contributed by atoms with Gasteiger partial charge in [-0.1, -0.05) is 36.1 Å². The Kier molecular flexibility index (Phi) is 4.88. The third-order valence-corrected chi connectivity index (χ3v) is 8.98. The number of anilines is 1. The molecule has 2 fully saturated rings. The van der Waals surface area contributed by atoms with Crippen LogP contribution in [0.2, 0.25) is 0 Å². The lowest BCUT2D eigenvalue weighted by Crippen LogP contribution is -2.35. The summed E-state index contributed by atoms with van der Waals surface area (Å²) in [6, 6.07) is 15.7. The van der Waals surface area contributed by atoms with Gasteiger partial charge in [0.2, 0.25) is 0 Å². The molecule has 11 heteroatoms. The zero-order valence-electron chi connectivity index (χ0n) is 23.8. The van der Waals surface area contributed by atoms with Crippen LogP contribution in [0.25, 0.3) is 22.1 Å². The minimum absolute atomic E-state index is 0.0882. The van der Waals surface area contributed by atoms with E-state index >= 15 is 0 Å². The van der Waals surface area contributed by atoms with E-state index in [2.05, 4.69) is 43.3 Å². The number of carbonyl (C=O) groups is 1. The van der Waals surface area contributed by atoms with Crippen LogP contribution in [0.5, 0.6) is 0 Å². The fraction of sp³-hybridized carbons (Fsp3) is 0.182. The summed E-state index contributed by atoms with van der Waals surface area (Å²) in [5.74, 6) is 6.14. The van der Waals surface area contributed by atoms with Crippen molar-refractivity contribution in [1.29, 1.82) is 0 Å². The summed E-state index contributed by atoms with van der Waals surface area (Å²) in [6.45, 7) is 1.91. The lowest BCUT2D eigenvalue weighted by molar-refractivity contribution is 0.0940. The Morgan fingerprint density at radius 2 is 1.89 bits per heavy atom. The molecule has 6 aromatic rings. The molecular weight excluding hydrogens is 554 g/mol. The second kappa shape index (κ2) is 8.65. The molecule has 4 aliphatic rings. The minimum Gasteiger partial charge on any atom is -0.381 e. The second-order valence-electron chi connectivity index (χ2n) is 11.6. The number of pyridine rings is 1. The largest absolute Gasteiger partial charge is 0.381 e. The molecule has 0 radical (unpaired) electrons. The predicted octanol–water partition coefficient (Wildman–Crippen LogP) is 3.03. The standard InChI is InChI=1S/C33H25N9O2/c1-17(37-32(43)25-30(34)38-40-14-6-13-35-31(25)40)26-24-23-21(27-29-28(24)42(27)29)12-11-19(10-9-18-15-36-39(2)16-18)22(23)33(44)41(26)20-7-4-3-5-8-20/h3-8,11-17,27-29H,1-2H3,(H2,34,38)(H,37,43)/t17-,27?,28?,29?,42?/m1/s1. The lowest BCUT2D eigenvalue weighted by Gasteiger charge is -2.31. The molecule has 1 aliphatic carbocycles. The highest BCUT2D eigenvalue weighted by atomic mass is 16.2. The maximum absolute atomic E-state index is 14.7. The fourth-order valence-electron chi connectivity index (χ4n) is 7.04. The van der Waals surface area contributed by atoms with E-state index in [1.54, 1.807) is 33.9 Å². The molecule has 0 saturated carbocycles. The van der Waals surface area contributed by atoms with Gasteiger partial charge in [-0.3, -0.25) is 23.7 Å². The first kappa shape index (κ1) is 24.8. The summed E-state index contributed by atoms with van der Waals surface area (Å²) in [5, 5.41) is 13.2. The number of nitrogens with one attached hydrogen (secondary N) is 1. The fourth-order valence-corrected chi connectivity index (χ4v) is 7.04. The molecule has 4 unspecified atom stereocenters. The van der Waals surface area contributed by atoms with E-state index in [1.807, 2.05) is 56.6 Å². The smallest absolute Gasteiger partial charge is 0.264 e. The van der Waals surface area contributed by atoms with Gasteiger partial charge in [-0.25, -0.2) is 9.50 Å². The molecule has 2 bridgehead atoms. The Bertz CT molecular complexity index is 2330. The van der Waals surface area contributed by atoms with Crippen molar-refractivity contribution in [2.75, 3.05) is 5.73 Å². The van der Waals surface area contributed by atoms with Gasteiger partial charge in [0.05, 0.1) is 47.0 Å². The number of hydrogen-bond donors (Lipinski definition) is 2. The van der Waals surface area contributed by atoms with Crippen LogP contribution in [0.4, 0.5) is 5.82 Å². The maximum Gasteiger partial charge on any atom is 0.264 e. The number of aromatic nitrogens is 6. The van der Waals surface area contributed by atoms with Gasteiger partial charge in [-0.2, -0.15) is 5.10 Å². The predicted molar refractivity (Wildman–Crippen MR) is 163 cm³/mol. The van der Waals surface area contributed by atoms with Gasteiger partial charge >= 0.3 is 0 Å². The van der Waals surface area contributed by atoms with Crippen LogP contribution in [-0.4, -0.2) is 45.8 Å². The van der Waals surface area contributed by atoms with Crippen LogP contribution in [0.15, 0.2) is 78.1 Å². The molecule has 2 aromatic carbocycles. The first-order chi connectivity index (χ1) is 21.4. The third kappa shape index (κ3) is 3.34. The topological polar surface area (TPSA) is 128 Å². The highest BCUT2D eigenvalue weighted by molar-refractivity contribution is 6.04. The van der Waals surface area contributed by atoms with Gasteiger partial charge in [0.25, 0.3) is 11.5 Å². The van der Waals surface area contributed by atoms with E-state index in [0.717, 1.165) is 27.8 Å². The van der Waals surface area contributed by atoms with Crippen LogP contribution in [0, 0.1) is 11.8 Å². The molecule has 5 atom stereocenters. The normalized spacial score (nSPS) is 21.0. The van der Waals surface area contributed by atoms with Crippen molar-refractivity contribution in [3.8, 4) is 17.5 Å². The molecule has 3 N–H and O–H groups in total. The van der Waals surface area contributed by atoms with Crippen molar-refractivity contribution in [3.63, 3.8) is 0 Å². The Morgan fingerprint density at radius 1 is 1.07 bits per heavy atom. The minimum atomic E-state index is -0.552. The highest BCUT2D eigenvalue weighted by Gasteiger charge is 2.75. The van der Waals surface area contributed by atoms with Gasteiger partial charge in [0, 0.05) is 42.5 Å². The van der Waals surface area contributed by atoms with Gasteiger partial charge in [-0.15, -0.1) is 5.10 Å². The molecule has 214 valence electrons. The molecule has 2 saturated heterocycles. The van der Waals surface area contributed by atoms with Crippen molar-refractivity contribution in [1.82, 2.24) is 39.2 Å². The van der Waals surface area contributed by atoms with E-state index in [0.29, 0.717) is 34.4 Å². The van der Waals surface area contributed by atoms with E-state index in [1.165, 1.54) is 4.52 Å². The number of fused-ring (bicyclic) bond motifs is 1. The zero-order valence-corrected chi connectivity index (χ0v) is 23.8. The molecule has 3 aliphatic heterocycles. The third-order valence-electron chi connectivity index (χ3n) is 8.98. The molecule has 7 heterocycles. The number of benzene rings is 2. The summed E-state index contributed by atoms with van der Waals surface area (Å²) in [7, 11) is 1.85. The van der Waals surface area contributed by atoms with Crippen molar-refractivity contribution in [2.24, 2.45) is 7.05 Å². The molecule has 4 aromatic heterocycles. The molecule has 11 nitrogen and oxygen atoms in total. The summed E-state index contributed by atoms with van der Waals surface area (Å²) in [5.41, 5.74) is 11.7. The van der Waals surface area contributed by atoms with Crippen LogP contribution in [0.1, 0.15) is 63.4 Å². The molecule has 0 spiro atoms. The number of nitrogen functional groups attached to an aromatic ring is 1. The number of para-hydroxylation sites is 1. The number of amides is 1. The van der Waals surface area contributed by atoms with Crippen molar-refractivity contribution < 1.29 is 4.79 Å². The molecular formula is C33H25N9O2.